The first-order valence-corrected chi connectivity index (χ1v) is 23.6. The fourth-order valence-electron chi connectivity index (χ4n) is 10.1. The van der Waals surface area contributed by atoms with Gasteiger partial charge in [0.1, 0.15) is 23.9 Å². The Kier molecular flexibility index (Phi) is 15.1. The van der Waals surface area contributed by atoms with E-state index in [1.807, 2.05) is 39.0 Å². The van der Waals surface area contributed by atoms with Crippen LogP contribution >= 0.6 is 0 Å². The number of carbonyl (C=O) groups is 5. The molecule has 0 spiro atoms. The Hall–Kier alpha value is -5.84. The largest absolute Gasteiger partial charge is 0.508 e. The summed E-state index contributed by atoms with van der Waals surface area (Å²) in [6.07, 6.45) is 3.45. The molecule has 2 aromatic heterocycles. The molecular formula is C51H68N8O8. The molecule has 7 rings (SSSR count). The molecule has 16 nitrogen and oxygen atoms in total. The third-order valence-electron chi connectivity index (χ3n) is 13.6. The molecule has 4 aromatic rings. The quantitative estimate of drug-likeness (QED) is 0.148. The molecule has 0 radical (unpaired) electrons. The van der Waals surface area contributed by atoms with Crippen LogP contribution in [-0.4, -0.2) is 131 Å². The maximum Gasteiger partial charge on any atom is 0.324 e. The second kappa shape index (κ2) is 20.6. The van der Waals surface area contributed by atoms with Gasteiger partial charge in [-0.2, -0.15) is 0 Å². The van der Waals surface area contributed by atoms with Crippen molar-refractivity contribution < 1.29 is 38.6 Å². The lowest BCUT2D eigenvalue weighted by Gasteiger charge is -2.37. The lowest BCUT2D eigenvalue weighted by Crippen LogP contribution is -2.62. The van der Waals surface area contributed by atoms with Gasteiger partial charge in [-0.3, -0.25) is 34.0 Å². The summed E-state index contributed by atoms with van der Waals surface area (Å²) >= 11 is 0. The molecule has 2 saturated heterocycles. The molecule has 6 bridgehead atoms. The average Bonchev–Trinajstić information content (AvgIpc) is 3.92. The van der Waals surface area contributed by atoms with Crippen LogP contribution in [0.25, 0.3) is 33.3 Å². The molecule has 4 amide bonds. The van der Waals surface area contributed by atoms with E-state index in [-0.39, 0.29) is 62.2 Å². The summed E-state index contributed by atoms with van der Waals surface area (Å²) in [6.45, 7) is 13.9. The van der Waals surface area contributed by atoms with E-state index >= 15 is 0 Å². The van der Waals surface area contributed by atoms with Crippen molar-refractivity contribution in [3.8, 4) is 28.1 Å². The summed E-state index contributed by atoms with van der Waals surface area (Å²) in [4.78, 5) is 77.7. The number of aromatic nitrogens is 2. The van der Waals surface area contributed by atoms with Gasteiger partial charge in [0.05, 0.1) is 36.6 Å². The molecule has 2 aromatic carbocycles. The Morgan fingerprint density at radius 3 is 2.55 bits per heavy atom. The minimum atomic E-state index is -1.16. The zero-order valence-electron chi connectivity index (χ0n) is 40.5. The Balaban J connectivity index is 1.30. The van der Waals surface area contributed by atoms with Crippen LogP contribution in [0.3, 0.4) is 0 Å². The molecule has 4 N–H and O–H groups in total. The van der Waals surface area contributed by atoms with Crippen LogP contribution in [0.2, 0.25) is 0 Å². The number of benzene rings is 2. The third kappa shape index (κ3) is 10.5. The first-order chi connectivity index (χ1) is 31.9. The van der Waals surface area contributed by atoms with E-state index in [2.05, 4.69) is 59.6 Å². The number of hydrazine groups is 1. The third-order valence-corrected chi connectivity index (χ3v) is 13.6. The highest BCUT2D eigenvalue weighted by molar-refractivity contribution is 5.96. The predicted octanol–water partition coefficient (Wildman–Crippen LogP) is 5.00. The van der Waals surface area contributed by atoms with E-state index in [0.717, 1.165) is 44.5 Å². The van der Waals surface area contributed by atoms with Crippen LogP contribution < -0.4 is 16.1 Å². The predicted molar refractivity (Wildman–Crippen MR) is 255 cm³/mol. The number of methoxy groups -OCH3 is 1. The summed E-state index contributed by atoms with van der Waals surface area (Å²) < 4.78 is 14.2. The molecule has 2 fully saturated rings. The first kappa shape index (κ1) is 49.1. The topological polar surface area (TPSA) is 188 Å². The van der Waals surface area contributed by atoms with Crippen LogP contribution in [-0.2, 0) is 52.8 Å². The van der Waals surface area contributed by atoms with Crippen molar-refractivity contribution in [3.63, 3.8) is 0 Å². The maximum atomic E-state index is 14.7. The standard InChI is InChI=1S/C51H68N8O8/c1-10-58-42-16-15-33-25-38(42)39(46(58)37-13-11-18-53-44(37)31(4)66-9)26-51(5,6)29-67-50(65)40-14-12-19-59(55-40)49(64)41(23-32-21-35(33)24-36(60)22-32)54-47(62)45(30(2)3)56(8)48(63)34-17-20-57(28-34)43(61)27-52-7/h11,13,15-16,18,21-22,24-25,30-31,34,40-41,45,52,55,60H,10,12,14,17,19-20,23,26-29H2,1-9H3,(H,54,62)/t31-,34-,40-,41-,45?/m0/s1. The van der Waals surface area contributed by atoms with Crippen LogP contribution in [0.15, 0.2) is 54.7 Å². The SMILES string of the molecule is CCn1c(-c2cccnc2[C@H](C)OC)c2c3cc(ccc31)-c1cc(O)cc(c1)C[C@H](NC(=O)C(C(C)C)N(C)C(=O)[C@H]1CCN(C(=O)CNC)C1)C(=O)N1CCC[C@H](N1)C(=O)OCC(C)(C)C2. The number of phenols is 1. The minimum absolute atomic E-state index is 0.00753. The van der Waals surface area contributed by atoms with Crippen molar-refractivity contribution in [2.45, 2.75) is 104 Å². The van der Waals surface area contributed by atoms with Gasteiger partial charge in [0.2, 0.25) is 17.7 Å². The van der Waals surface area contributed by atoms with Gasteiger partial charge >= 0.3 is 5.97 Å². The average molecular weight is 921 g/mol. The fourth-order valence-corrected chi connectivity index (χ4v) is 10.1. The number of nitrogens with one attached hydrogen (secondary N) is 3. The summed E-state index contributed by atoms with van der Waals surface area (Å²) in [6, 6.07) is 12.5. The Morgan fingerprint density at radius 1 is 1.06 bits per heavy atom. The van der Waals surface area contributed by atoms with Crippen molar-refractivity contribution in [1.82, 2.24) is 40.4 Å². The number of ether oxygens (including phenoxy) is 2. The van der Waals surface area contributed by atoms with E-state index in [1.165, 1.54) is 9.91 Å². The molecule has 5 heterocycles. The molecule has 16 heteroatoms. The number of pyridine rings is 1. The number of nitrogens with zero attached hydrogens (tertiary/aromatic N) is 5. The van der Waals surface area contributed by atoms with Crippen LogP contribution in [0, 0.1) is 17.3 Å². The molecule has 5 atom stereocenters. The Bertz CT molecular complexity index is 2500. The number of likely N-dealkylation sites (tertiary alicyclic amines) is 1. The number of carbonyl (C=O) groups excluding carboxylic acids is 5. The zero-order valence-corrected chi connectivity index (χ0v) is 40.5. The van der Waals surface area contributed by atoms with Crippen LogP contribution in [0.4, 0.5) is 0 Å². The summed E-state index contributed by atoms with van der Waals surface area (Å²) in [7, 11) is 4.96. The first-order valence-electron chi connectivity index (χ1n) is 23.6. The van der Waals surface area contributed by atoms with Crippen molar-refractivity contribution in [3.05, 3.63) is 71.5 Å². The maximum absolute atomic E-state index is 14.7. The number of aryl methyl sites for hydroxylation is 1. The molecule has 0 aliphatic carbocycles. The van der Waals surface area contributed by atoms with E-state index < -0.39 is 47.2 Å². The lowest BCUT2D eigenvalue weighted by molar-refractivity contribution is -0.155. The number of hydrogen-bond acceptors (Lipinski definition) is 11. The molecule has 67 heavy (non-hydrogen) atoms. The van der Waals surface area contributed by atoms with Gasteiger partial charge in [0.15, 0.2) is 0 Å². The molecule has 0 saturated carbocycles. The van der Waals surface area contributed by atoms with Gasteiger partial charge in [0, 0.05) is 74.8 Å². The van der Waals surface area contributed by atoms with Gasteiger partial charge in [-0.1, -0.05) is 39.8 Å². The second-order valence-electron chi connectivity index (χ2n) is 19.5. The summed E-state index contributed by atoms with van der Waals surface area (Å²) in [5.74, 6) is -2.64. The molecule has 3 aliphatic rings. The van der Waals surface area contributed by atoms with Crippen molar-refractivity contribution in [2.75, 3.05) is 54.0 Å². The summed E-state index contributed by atoms with van der Waals surface area (Å²) in [5.41, 5.74) is 9.55. The van der Waals surface area contributed by atoms with Crippen molar-refractivity contribution in [2.24, 2.45) is 17.3 Å². The van der Waals surface area contributed by atoms with Crippen LogP contribution in [0.5, 0.6) is 5.75 Å². The van der Waals surface area contributed by atoms with E-state index in [9.17, 15) is 29.1 Å². The number of aromatic hydroxyl groups is 1. The van der Waals surface area contributed by atoms with Gasteiger partial charge in [0.25, 0.3) is 5.91 Å². The molecule has 1 unspecified atom stereocenters. The second-order valence-corrected chi connectivity index (χ2v) is 19.5. The van der Waals surface area contributed by atoms with Crippen molar-refractivity contribution >= 4 is 40.5 Å². The number of esters is 1. The number of amides is 4. The summed E-state index contributed by atoms with van der Waals surface area (Å²) in [5, 5.41) is 19.6. The highest BCUT2D eigenvalue weighted by atomic mass is 16.5. The Labute approximate surface area is 393 Å². The minimum Gasteiger partial charge on any atom is -0.508 e. The van der Waals surface area contributed by atoms with Crippen LogP contribution in [0.1, 0.15) is 83.7 Å². The molecule has 360 valence electrons. The Morgan fingerprint density at radius 2 is 1.84 bits per heavy atom. The van der Waals surface area contributed by atoms with Gasteiger partial charge in [-0.25, -0.2) is 5.43 Å². The number of rotatable bonds is 11. The highest BCUT2D eigenvalue weighted by Crippen LogP contribution is 2.42. The van der Waals surface area contributed by atoms with Gasteiger partial charge in [-0.05, 0) is 111 Å². The lowest BCUT2D eigenvalue weighted by atomic mass is 9.84. The van der Waals surface area contributed by atoms with E-state index in [1.54, 1.807) is 44.4 Å². The number of phenolic OH excluding ortho intramolecular Hbond substituents is 1. The number of fused-ring (bicyclic) bond motifs is 6. The molecule has 3 aliphatic heterocycles. The number of likely N-dealkylation sites (N-methyl/N-ethyl adjacent to an activating group) is 2. The van der Waals surface area contributed by atoms with E-state index in [4.69, 9.17) is 14.5 Å². The monoisotopic (exact) mass is 921 g/mol. The van der Waals surface area contributed by atoms with Gasteiger partial charge < -0.3 is 39.6 Å². The highest BCUT2D eigenvalue weighted by Gasteiger charge is 2.40. The fraction of sp³-hybridized carbons (Fsp3) is 0.529. The number of cyclic esters (lactones) is 1. The normalized spacial score (nSPS) is 20.9. The van der Waals surface area contributed by atoms with E-state index in [0.29, 0.717) is 44.3 Å². The zero-order chi connectivity index (χ0) is 48.3. The van der Waals surface area contributed by atoms with Crippen molar-refractivity contribution in [1.29, 1.82) is 0 Å². The molecular weight excluding hydrogens is 853 g/mol. The van der Waals surface area contributed by atoms with Gasteiger partial charge in [-0.15, -0.1) is 0 Å². The smallest absolute Gasteiger partial charge is 0.324 e. The number of hydrogen-bond donors (Lipinski definition) is 4.